The van der Waals surface area contributed by atoms with Crippen molar-refractivity contribution in [2.24, 2.45) is 11.8 Å². The van der Waals surface area contributed by atoms with E-state index >= 15 is 0 Å². The molecule has 0 spiro atoms. The van der Waals surface area contributed by atoms with Crippen molar-refractivity contribution in [3.8, 4) is 0 Å². The zero-order valence-corrected chi connectivity index (χ0v) is 16.3. The summed E-state index contributed by atoms with van der Waals surface area (Å²) in [5.41, 5.74) is 0.714. The van der Waals surface area contributed by atoms with Gasteiger partial charge < -0.3 is 9.32 Å². The summed E-state index contributed by atoms with van der Waals surface area (Å²) in [4.78, 5) is 31.4. The molecule has 144 valence electrons. The number of amides is 2. The van der Waals surface area contributed by atoms with Crippen molar-refractivity contribution >= 4 is 28.3 Å². The SMILES string of the molecule is C[C@@H]1CC[C@@H]2[C@@H](CCCN2C(=O)Cc2csc(NC(=O)c3ccco3)n2)C1. The molecule has 3 atom stereocenters. The van der Waals surface area contributed by atoms with E-state index in [2.05, 4.69) is 22.1 Å². The summed E-state index contributed by atoms with van der Waals surface area (Å²) in [7, 11) is 0. The Kier molecular flexibility index (Phi) is 5.29. The summed E-state index contributed by atoms with van der Waals surface area (Å²) in [6, 6.07) is 3.67. The molecule has 1 aliphatic heterocycles. The second-order valence-corrected chi connectivity index (χ2v) is 8.59. The molecular formula is C20H25N3O3S. The zero-order chi connectivity index (χ0) is 18.8. The number of rotatable bonds is 4. The van der Waals surface area contributed by atoms with Gasteiger partial charge >= 0.3 is 0 Å². The van der Waals surface area contributed by atoms with E-state index in [1.165, 1.54) is 36.9 Å². The molecule has 0 unspecified atom stereocenters. The maximum absolute atomic E-state index is 12.9. The van der Waals surface area contributed by atoms with Crippen LogP contribution in [0.1, 0.15) is 55.3 Å². The molecule has 0 radical (unpaired) electrons. The van der Waals surface area contributed by atoms with Crippen LogP contribution >= 0.6 is 11.3 Å². The molecule has 4 rings (SSSR count). The van der Waals surface area contributed by atoms with E-state index in [9.17, 15) is 9.59 Å². The molecule has 1 saturated heterocycles. The number of furan rings is 1. The maximum atomic E-state index is 12.9. The van der Waals surface area contributed by atoms with Crippen LogP contribution in [-0.2, 0) is 11.2 Å². The van der Waals surface area contributed by atoms with Gasteiger partial charge in [0, 0.05) is 18.0 Å². The molecule has 1 aliphatic carbocycles. The van der Waals surface area contributed by atoms with Crippen LogP contribution in [0.15, 0.2) is 28.2 Å². The number of aromatic nitrogens is 1. The summed E-state index contributed by atoms with van der Waals surface area (Å²) >= 11 is 1.33. The molecule has 0 aromatic carbocycles. The lowest BCUT2D eigenvalue weighted by Crippen LogP contribution is -2.51. The van der Waals surface area contributed by atoms with E-state index in [1.54, 1.807) is 12.1 Å². The minimum atomic E-state index is -0.331. The molecule has 2 aromatic heterocycles. The van der Waals surface area contributed by atoms with Gasteiger partial charge in [0.05, 0.1) is 18.4 Å². The molecule has 2 aromatic rings. The number of carbonyl (C=O) groups excluding carboxylic acids is 2. The lowest BCUT2D eigenvalue weighted by molar-refractivity contribution is -0.137. The van der Waals surface area contributed by atoms with Crippen LogP contribution in [0.3, 0.4) is 0 Å². The third-order valence-corrected chi connectivity index (χ3v) is 6.56. The largest absolute Gasteiger partial charge is 0.459 e. The highest BCUT2D eigenvalue weighted by Crippen LogP contribution is 2.38. The average Bonchev–Trinajstić information content (AvgIpc) is 3.33. The first-order valence-electron chi connectivity index (χ1n) is 9.69. The Hall–Kier alpha value is -2.15. The molecule has 2 amide bonds. The summed E-state index contributed by atoms with van der Waals surface area (Å²) < 4.78 is 5.08. The lowest BCUT2D eigenvalue weighted by atomic mass is 9.74. The first-order chi connectivity index (χ1) is 13.1. The van der Waals surface area contributed by atoms with Gasteiger partial charge in [0.1, 0.15) is 0 Å². The molecule has 3 heterocycles. The first kappa shape index (κ1) is 18.2. The monoisotopic (exact) mass is 387 g/mol. The number of likely N-dealkylation sites (tertiary alicyclic amines) is 1. The van der Waals surface area contributed by atoms with Gasteiger partial charge in [-0.3, -0.25) is 14.9 Å². The Bertz CT molecular complexity index is 801. The fourth-order valence-electron chi connectivity index (χ4n) is 4.47. The van der Waals surface area contributed by atoms with Crippen LogP contribution in [0.4, 0.5) is 5.13 Å². The number of piperidine rings is 1. The summed E-state index contributed by atoms with van der Waals surface area (Å²) in [6.45, 7) is 3.19. The van der Waals surface area contributed by atoms with Gasteiger partial charge in [-0.25, -0.2) is 4.98 Å². The molecule has 2 fully saturated rings. The number of carbonyl (C=O) groups is 2. The van der Waals surface area contributed by atoms with Crippen LogP contribution in [0.25, 0.3) is 0 Å². The summed E-state index contributed by atoms with van der Waals surface area (Å²) in [5, 5.41) is 5.05. The predicted octanol–water partition coefficient (Wildman–Crippen LogP) is 3.96. The predicted molar refractivity (Wildman–Crippen MR) is 104 cm³/mol. The van der Waals surface area contributed by atoms with Crippen molar-refractivity contribution in [1.29, 1.82) is 0 Å². The number of nitrogens with one attached hydrogen (secondary N) is 1. The Labute approximate surface area is 163 Å². The quantitative estimate of drug-likeness (QED) is 0.862. The maximum Gasteiger partial charge on any atom is 0.293 e. The second-order valence-electron chi connectivity index (χ2n) is 7.73. The third kappa shape index (κ3) is 4.08. The van der Waals surface area contributed by atoms with E-state index in [1.807, 2.05) is 5.38 Å². The van der Waals surface area contributed by atoms with E-state index in [-0.39, 0.29) is 17.6 Å². The van der Waals surface area contributed by atoms with E-state index in [0.29, 0.717) is 29.2 Å². The number of hydrogen-bond donors (Lipinski definition) is 1. The highest BCUT2D eigenvalue weighted by Gasteiger charge is 2.37. The highest BCUT2D eigenvalue weighted by molar-refractivity contribution is 7.14. The van der Waals surface area contributed by atoms with Gasteiger partial charge in [-0.15, -0.1) is 11.3 Å². The van der Waals surface area contributed by atoms with Crippen molar-refractivity contribution in [1.82, 2.24) is 9.88 Å². The molecule has 27 heavy (non-hydrogen) atoms. The molecule has 7 heteroatoms. The number of fused-ring (bicyclic) bond motifs is 1. The number of nitrogens with zero attached hydrogens (tertiary/aromatic N) is 2. The molecule has 0 bridgehead atoms. The van der Waals surface area contributed by atoms with Crippen molar-refractivity contribution in [2.45, 2.75) is 51.5 Å². The lowest BCUT2D eigenvalue weighted by Gasteiger charge is -2.45. The summed E-state index contributed by atoms with van der Waals surface area (Å²) in [6.07, 6.45) is 7.68. The van der Waals surface area contributed by atoms with Crippen LogP contribution in [-0.4, -0.2) is 34.3 Å². The number of thiazole rings is 1. The average molecular weight is 388 g/mol. The minimum absolute atomic E-state index is 0.161. The van der Waals surface area contributed by atoms with Crippen LogP contribution < -0.4 is 5.32 Å². The minimum Gasteiger partial charge on any atom is -0.459 e. The van der Waals surface area contributed by atoms with Gasteiger partial charge in [-0.1, -0.05) is 6.92 Å². The Morgan fingerprint density at radius 3 is 3.07 bits per heavy atom. The van der Waals surface area contributed by atoms with Crippen LogP contribution in [0, 0.1) is 11.8 Å². The van der Waals surface area contributed by atoms with Gasteiger partial charge in [-0.05, 0) is 56.1 Å². The molecular weight excluding hydrogens is 362 g/mol. The first-order valence-corrected chi connectivity index (χ1v) is 10.6. The van der Waals surface area contributed by atoms with Crippen molar-refractivity contribution in [3.05, 3.63) is 35.2 Å². The molecule has 1 saturated carbocycles. The van der Waals surface area contributed by atoms with Crippen LogP contribution in [0.5, 0.6) is 0 Å². The smallest absolute Gasteiger partial charge is 0.293 e. The van der Waals surface area contributed by atoms with Crippen molar-refractivity contribution < 1.29 is 14.0 Å². The van der Waals surface area contributed by atoms with Crippen molar-refractivity contribution in [3.63, 3.8) is 0 Å². The van der Waals surface area contributed by atoms with Gasteiger partial charge in [0.25, 0.3) is 5.91 Å². The fraction of sp³-hybridized carbons (Fsp3) is 0.550. The Morgan fingerprint density at radius 2 is 2.26 bits per heavy atom. The van der Waals surface area contributed by atoms with E-state index < -0.39 is 0 Å². The standard InChI is InChI=1S/C20H25N3O3S/c1-13-6-7-16-14(10-13)4-2-8-23(16)18(24)11-15-12-27-20(21-15)22-19(25)17-5-3-9-26-17/h3,5,9,12-14,16H,2,4,6-8,10-11H2,1H3,(H,21,22,25)/t13-,14+,16-/m1/s1. The zero-order valence-electron chi connectivity index (χ0n) is 15.5. The van der Waals surface area contributed by atoms with Crippen molar-refractivity contribution in [2.75, 3.05) is 11.9 Å². The Balaban J connectivity index is 1.37. The number of hydrogen-bond acceptors (Lipinski definition) is 5. The van der Waals surface area contributed by atoms with E-state index in [4.69, 9.17) is 4.42 Å². The van der Waals surface area contributed by atoms with Crippen LogP contribution in [0.2, 0.25) is 0 Å². The Morgan fingerprint density at radius 1 is 1.37 bits per heavy atom. The van der Waals surface area contributed by atoms with Gasteiger partial charge in [0.2, 0.25) is 5.91 Å². The number of anilines is 1. The van der Waals surface area contributed by atoms with Gasteiger partial charge in [0.15, 0.2) is 10.9 Å². The highest BCUT2D eigenvalue weighted by atomic mass is 32.1. The normalized spacial score (nSPS) is 25.1. The fourth-order valence-corrected chi connectivity index (χ4v) is 5.18. The molecule has 1 N–H and O–H groups in total. The molecule has 2 aliphatic rings. The summed E-state index contributed by atoms with van der Waals surface area (Å²) in [5.74, 6) is 1.51. The topological polar surface area (TPSA) is 75.4 Å². The molecule has 6 nitrogen and oxygen atoms in total. The third-order valence-electron chi connectivity index (χ3n) is 5.75. The van der Waals surface area contributed by atoms with Gasteiger partial charge in [-0.2, -0.15) is 0 Å². The second kappa shape index (κ2) is 7.84. The van der Waals surface area contributed by atoms with E-state index in [0.717, 1.165) is 25.3 Å².